The minimum Gasteiger partial charge on any atom is -0.481 e. The first kappa shape index (κ1) is 15.4. The molecule has 0 fully saturated rings. The molecule has 1 unspecified atom stereocenters. The molecule has 6 nitrogen and oxygen atoms in total. The van der Waals surface area contributed by atoms with Gasteiger partial charge in [0.05, 0.1) is 0 Å². The smallest absolute Gasteiger partial charge is 0.303 e. The van der Waals surface area contributed by atoms with E-state index >= 15 is 0 Å². The Labute approximate surface area is 101 Å². The molecule has 6 heteroatoms. The fourth-order valence-corrected chi connectivity index (χ4v) is 1.31. The van der Waals surface area contributed by atoms with E-state index in [0.29, 0.717) is 13.0 Å². The van der Waals surface area contributed by atoms with Crippen molar-refractivity contribution in [3.05, 3.63) is 0 Å². The maximum absolute atomic E-state index is 11.4. The SMILES string of the molecule is CC(=O)NC(C)C(=O)NCCCCCC(=O)O. The lowest BCUT2D eigenvalue weighted by molar-refractivity contribution is -0.137. The summed E-state index contributed by atoms with van der Waals surface area (Å²) in [6.45, 7) is 3.47. The Kier molecular flexibility index (Phi) is 7.75. The van der Waals surface area contributed by atoms with Gasteiger partial charge in [-0.15, -0.1) is 0 Å². The van der Waals surface area contributed by atoms with Crippen molar-refractivity contribution in [2.75, 3.05) is 6.54 Å². The van der Waals surface area contributed by atoms with Gasteiger partial charge in [0.25, 0.3) is 0 Å². The van der Waals surface area contributed by atoms with Crippen LogP contribution in [0.4, 0.5) is 0 Å². The highest BCUT2D eigenvalue weighted by Crippen LogP contribution is 1.98. The second-order valence-corrected chi connectivity index (χ2v) is 3.92. The summed E-state index contributed by atoms with van der Waals surface area (Å²) in [5, 5.41) is 13.6. The van der Waals surface area contributed by atoms with Crippen molar-refractivity contribution in [3.8, 4) is 0 Å². The molecule has 0 aliphatic rings. The van der Waals surface area contributed by atoms with Crippen LogP contribution in [0.15, 0.2) is 0 Å². The van der Waals surface area contributed by atoms with Crippen molar-refractivity contribution in [2.45, 2.75) is 45.6 Å². The largest absolute Gasteiger partial charge is 0.481 e. The first-order chi connectivity index (χ1) is 7.93. The summed E-state index contributed by atoms with van der Waals surface area (Å²) in [6, 6.07) is -0.536. The number of carbonyl (C=O) groups excluding carboxylic acids is 2. The molecular weight excluding hydrogens is 224 g/mol. The van der Waals surface area contributed by atoms with E-state index < -0.39 is 12.0 Å². The Balaban J connectivity index is 3.51. The van der Waals surface area contributed by atoms with Gasteiger partial charge in [-0.05, 0) is 19.8 Å². The van der Waals surface area contributed by atoms with Crippen LogP contribution in [0, 0.1) is 0 Å². The second kappa shape index (κ2) is 8.55. The summed E-state index contributed by atoms with van der Waals surface area (Å²) >= 11 is 0. The average Bonchev–Trinajstić information content (AvgIpc) is 2.21. The van der Waals surface area contributed by atoms with Crippen molar-refractivity contribution in [3.63, 3.8) is 0 Å². The normalized spacial score (nSPS) is 11.6. The molecule has 0 aromatic rings. The molecule has 0 radical (unpaired) electrons. The molecule has 0 saturated heterocycles. The van der Waals surface area contributed by atoms with E-state index in [-0.39, 0.29) is 18.2 Å². The van der Waals surface area contributed by atoms with Gasteiger partial charge in [0.2, 0.25) is 11.8 Å². The zero-order valence-electron chi connectivity index (χ0n) is 10.3. The van der Waals surface area contributed by atoms with Gasteiger partial charge in [-0.3, -0.25) is 14.4 Å². The topological polar surface area (TPSA) is 95.5 Å². The first-order valence-electron chi connectivity index (χ1n) is 5.70. The van der Waals surface area contributed by atoms with Crippen molar-refractivity contribution in [1.29, 1.82) is 0 Å². The molecule has 0 bridgehead atoms. The van der Waals surface area contributed by atoms with Crippen LogP contribution in [-0.4, -0.2) is 35.5 Å². The molecule has 0 rings (SSSR count). The highest BCUT2D eigenvalue weighted by molar-refractivity contribution is 5.86. The third-order valence-corrected chi connectivity index (χ3v) is 2.18. The van der Waals surface area contributed by atoms with E-state index in [2.05, 4.69) is 10.6 Å². The molecular formula is C11H20N2O4. The lowest BCUT2D eigenvalue weighted by Gasteiger charge is -2.12. The number of rotatable bonds is 8. The average molecular weight is 244 g/mol. The summed E-state index contributed by atoms with van der Waals surface area (Å²) in [4.78, 5) is 32.3. The van der Waals surface area contributed by atoms with E-state index in [9.17, 15) is 14.4 Å². The lowest BCUT2D eigenvalue weighted by atomic mass is 10.2. The van der Waals surface area contributed by atoms with E-state index in [1.165, 1.54) is 6.92 Å². The minimum absolute atomic E-state index is 0.163. The Hall–Kier alpha value is -1.59. The molecule has 98 valence electrons. The van der Waals surface area contributed by atoms with Gasteiger partial charge in [0.15, 0.2) is 0 Å². The fourth-order valence-electron chi connectivity index (χ4n) is 1.31. The summed E-state index contributed by atoms with van der Waals surface area (Å²) in [5.41, 5.74) is 0. The van der Waals surface area contributed by atoms with Crippen LogP contribution in [0.25, 0.3) is 0 Å². The summed E-state index contributed by atoms with van der Waals surface area (Å²) in [6.07, 6.45) is 2.29. The van der Waals surface area contributed by atoms with E-state index in [4.69, 9.17) is 5.11 Å². The minimum atomic E-state index is -0.798. The summed E-state index contributed by atoms with van der Waals surface area (Å²) in [5.74, 6) is -1.26. The van der Waals surface area contributed by atoms with E-state index in [0.717, 1.165) is 12.8 Å². The molecule has 3 N–H and O–H groups in total. The molecule has 0 aliphatic carbocycles. The van der Waals surface area contributed by atoms with Crippen LogP contribution < -0.4 is 10.6 Å². The molecule has 0 aliphatic heterocycles. The van der Waals surface area contributed by atoms with Crippen LogP contribution in [0.5, 0.6) is 0 Å². The van der Waals surface area contributed by atoms with Gasteiger partial charge >= 0.3 is 5.97 Å². The highest BCUT2D eigenvalue weighted by Gasteiger charge is 2.12. The van der Waals surface area contributed by atoms with E-state index in [1.807, 2.05) is 0 Å². The number of amides is 2. The Morgan fingerprint density at radius 1 is 1.18 bits per heavy atom. The molecule has 0 saturated carbocycles. The molecule has 0 spiro atoms. The molecule has 2 amide bonds. The van der Waals surface area contributed by atoms with Crippen LogP contribution in [0.3, 0.4) is 0 Å². The van der Waals surface area contributed by atoms with Crippen LogP contribution >= 0.6 is 0 Å². The number of unbranched alkanes of at least 4 members (excludes halogenated alkanes) is 2. The maximum atomic E-state index is 11.4. The molecule has 1 atom stereocenters. The molecule has 0 heterocycles. The number of hydrogen-bond acceptors (Lipinski definition) is 3. The molecule has 17 heavy (non-hydrogen) atoms. The number of carbonyl (C=O) groups is 3. The Bertz CT molecular complexity index is 279. The zero-order chi connectivity index (χ0) is 13.3. The number of hydrogen-bond donors (Lipinski definition) is 3. The van der Waals surface area contributed by atoms with Crippen LogP contribution in [0.2, 0.25) is 0 Å². The number of aliphatic carboxylic acids is 1. The number of carboxylic acid groups (broad SMARTS) is 1. The fraction of sp³-hybridized carbons (Fsp3) is 0.727. The first-order valence-corrected chi connectivity index (χ1v) is 5.70. The number of nitrogens with one attached hydrogen (secondary N) is 2. The predicted octanol–water partition coefficient (Wildman–Crippen LogP) is 0.272. The van der Waals surface area contributed by atoms with Gasteiger partial charge < -0.3 is 15.7 Å². The summed E-state index contributed by atoms with van der Waals surface area (Å²) < 4.78 is 0. The monoisotopic (exact) mass is 244 g/mol. The van der Waals surface area contributed by atoms with E-state index in [1.54, 1.807) is 6.92 Å². The number of carboxylic acids is 1. The van der Waals surface area contributed by atoms with Gasteiger partial charge in [-0.1, -0.05) is 6.42 Å². The van der Waals surface area contributed by atoms with Gasteiger partial charge in [-0.2, -0.15) is 0 Å². The lowest BCUT2D eigenvalue weighted by Crippen LogP contribution is -2.44. The van der Waals surface area contributed by atoms with Crippen molar-refractivity contribution >= 4 is 17.8 Å². The van der Waals surface area contributed by atoms with Gasteiger partial charge in [0, 0.05) is 19.9 Å². The maximum Gasteiger partial charge on any atom is 0.303 e. The second-order valence-electron chi connectivity index (χ2n) is 3.92. The van der Waals surface area contributed by atoms with Crippen molar-refractivity contribution < 1.29 is 19.5 Å². The molecule has 0 aromatic heterocycles. The van der Waals surface area contributed by atoms with Crippen LogP contribution in [0.1, 0.15) is 39.5 Å². The van der Waals surface area contributed by atoms with Gasteiger partial charge in [0.1, 0.15) is 6.04 Å². The third kappa shape index (κ3) is 9.35. The van der Waals surface area contributed by atoms with Gasteiger partial charge in [-0.25, -0.2) is 0 Å². The predicted molar refractivity (Wildman–Crippen MR) is 62.4 cm³/mol. The van der Waals surface area contributed by atoms with Crippen LogP contribution in [-0.2, 0) is 14.4 Å². The summed E-state index contributed by atoms with van der Waals surface area (Å²) in [7, 11) is 0. The zero-order valence-corrected chi connectivity index (χ0v) is 10.3. The molecule has 0 aromatic carbocycles. The van der Waals surface area contributed by atoms with Crippen molar-refractivity contribution in [1.82, 2.24) is 10.6 Å². The third-order valence-electron chi connectivity index (χ3n) is 2.18. The Morgan fingerprint density at radius 2 is 1.82 bits per heavy atom. The standard InChI is InChI=1S/C11H20N2O4/c1-8(13-9(2)14)11(17)12-7-5-3-4-6-10(15)16/h8H,3-7H2,1-2H3,(H,12,17)(H,13,14)(H,15,16). The highest BCUT2D eigenvalue weighted by atomic mass is 16.4. The Morgan fingerprint density at radius 3 is 2.35 bits per heavy atom. The van der Waals surface area contributed by atoms with Crippen molar-refractivity contribution in [2.24, 2.45) is 0 Å². The quantitative estimate of drug-likeness (QED) is 0.534.